The number of rotatable bonds is 8. The molecule has 1 aliphatic rings. The summed E-state index contributed by atoms with van der Waals surface area (Å²) >= 11 is 0. The highest BCUT2D eigenvalue weighted by atomic mass is 16.5. The normalized spacial score (nSPS) is 17.8. The first-order valence-electron chi connectivity index (χ1n) is 10.5. The number of aliphatic hydroxyl groups excluding tert-OH is 1. The Balaban J connectivity index is 2.10. The van der Waals surface area contributed by atoms with Gasteiger partial charge < -0.3 is 24.4 Å². The number of aliphatic hydroxyl groups is 1. The number of methoxy groups -OCH3 is 2. The van der Waals surface area contributed by atoms with E-state index in [-0.39, 0.29) is 11.3 Å². The predicted molar refractivity (Wildman–Crippen MR) is 123 cm³/mol. The minimum atomic E-state index is -0.679. The molecule has 1 aliphatic heterocycles. The zero-order valence-electron chi connectivity index (χ0n) is 19.2. The fourth-order valence-electron chi connectivity index (χ4n) is 3.98. The van der Waals surface area contributed by atoms with Crippen LogP contribution >= 0.6 is 0 Å². The molecule has 1 amide bonds. The molecule has 1 fully saturated rings. The molecule has 7 heteroatoms. The van der Waals surface area contributed by atoms with E-state index in [2.05, 4.69) is 0 Å². The van der Waals surface area contributed by atoms with Crippen LogP contribution in [0.3, 0.4) is 0 Å². The van der Waals surface area contributed by atoms with E-state index in [0.717, 1.165) is 17.7 Å². The summed E-state index contributed by atoms with van der Waals surface area (Å²) in [5.74, 6) is -0.121. The molecule has 7 nitrogen and oxygen atoms in total. The quantitative estimate of drug-likeness (QED) is 0.387. The van der Waals surface area contributed by atoms with Crippen LogP contribution in [0, 0.1) is 6.92 Å². The van der Waals surface area contributed by atoms with Gasteiger partial charge in [0.1, 0.15) is 17.3 Å². The maximum Gasteiger partial charge on any atom is 0.295 e. The SMILES string of the molecule is COc1ccc(C2C(=C(O)c3ccc(OC)c(C)c3)C(=O)C(=O)N2CCCN(C)C)cc1. The van der Waals surface area contributed by atoms with Gasteiger partial charge in [-0.25, -0.2) is 0 Å². The lowest BCUT2D eigenvalue weighted by Gasteiger charge is -2.26. The second-order valence-electron chi connectivity index (χ2n) is 8.11. The third kappa shape index (κ3) is 4.62. The average molecular weight is 439 g/mol. The van der Waals surface area contributed by atoms with Crippen molar-refractivity contribution in [1.29, 1.82) is 0 Å². The van der Waals surface area contributed by atoms with E-state index in [1.165, 1.54) is 0 Å². The lowest BCUT2D eigenvalue weighted by molar-refractivity contribution is -0.139. The Kier molecular flexibility index (Phi) is 7.20. The first kappa shape index (κ1) is 23.3. The lowest BCUT2D eigenvalue weighted by atomic mass is 9.94. The Bertz CT molecular complexity index is 1030. The molecule has 0 bridgehead atoms. The second-order valence-corrected chi connectivity index (χ2v) is 8.11. The van der Waals surface area contributed by atoms with Gasteiger partial charge in [0, 0.05) is 12.1 Å². The smallest absolute Gasteiger partial charge is 0.295 e. The van der Waals surface area contributed by atoms with Crippen molar-refractivity contribution in [2.24, 2.45) is 0 Å². The van der Waals surface area contributed by atoms with Crippen molar-refractivity contribution in [2.45, 2.75) is 19.4 Å². The van der Waals surface area contributed by atoms with Gasteiger partial charge in [-0.1, -0.05) is 12.1 Å². The molecule has 1 atom stereocenters. The first-order chi connectivity index (χ1) is 15.3. The van der Waals surface area contributed by atoms with Gasteiger partial charge in [-0.15, -0.1) is 0 Å². The minimum Gasteiger partial charge on any atom is -0.507 e. The number of ketones is 1. The molecule has 2 aromatic carbocycles. The van der Waals surface area contributed by atoms with Gasteiger partial charge >= 0.3 is 0 Å². The van der Waals surface area contributed by atoms with Gasteiger partial charge in [0.05, 0.1) is 25.8 Å². The van der Waals surface area contributed by atoms with E-state index in [1.807, 2.05) is 38.1 Å². The first-order valence-corrected chi connectivity index (χ1v) is 10.5. The summed E-state index contributed by atoms with van der Waals surface area (Å²) in [4.78, 5) is 29.6. The van der Waals surface area contributed by atoms with Crippen LogP contribution < -0.4 is 9.47 Å². The molecule has 1 unspecified atom stereocenters. The molecule has 170 valence electrons. The molecule has 1 saturated heterocycles. The zero-order chi connectivity index (χ0) is 23.4. The summed E-state index contributed by atoms with van der Waals surface area (Å²) in [5.41, 5.74) is 2.11. The zero-order valence-corrected chi connectivity index (χ0v) is 19.2. The number of aryl methyl sites for hydroxylation is 1. The van der Waals surface area contributed by atoms with Crippen molar-refractivity contribution < 1.29 is 24.2 Å². The topological polar surface area (TPSA) is 79.3 Å². The maximum absolute atomic E-state index is 13.1. The number of likely N-dealkylation sites (tertiary alicyclic amines) is 1. The van der Waals surface area contributed by atoms with E-state index in [4.69, 9.17) is 9.47 Å². The van der Waals surface area contributed by atoms with Crippen molar-refractivity contribution in [3.63, 3.8) is 0 Å². The molecule has 0 radical (unpaired) electrons. The fourth-order valence-corrected chi connectivity index (χ4v) is 3.98. The maximum atomic E-state index is 13.1. The number of hydrogen-bond donors (Lipinski definition) is 1. The molecular weight excluding hydrogens is 408 g/mol. The molecular formula is C25H30N2O5. The van der Waals surface area contributed by atoms with Crippen LogP contribution in [0.2, 0.25) is 0 Å². The average Bonchev–Trinajstić information content (AvgIpc) is 3.03. The molecule has 1 heterocycles. The molecule has 0 saturated carbocycles. The van der Waals surface area contributed by atoms with E-state index in [1.54, 1.807) is 49.5 Å². The summed E-state index contributed by atoms with van der Waals surface area (Å²) in [5, 5.41) is 11.2. The van der Waals surface area contributed by atoms with Crippen molar-refractivity contribution in [2.75, 3.05) is 41.4 Å². The highest BCUT2D eigenvalue weighted by molar-refractivity contribution is 6.46. The summed E-state index contributed by atoms with van der Waals surface area (Å²) in [6.07, 6.45) is 0.703. The molecule has 32 heavy (non-hydrogen) atoms. The Morgan fingerprint density at radius 1 is 1.06 bits per heavy atom. The van der Waals surface area contributed by atoms with Gasteiger partial charge in [0.25, 0.3) is 11.7 Å². The number of amides is 1. The van der Waals surface area contributed by atoms with Crippen LogP contribution in [-0.4, -0.2) is 68.0 Å². The van der Waals surface area contributed by atoms with Crippen LogP contribution in [-0.2, 0) is 9.59 Å². The van der Waals surface area contributed by atoms with Crippen LogP contribution in [0.5, 0.6) is 11.5 Å². The number of carbonyl (C=O) groups excluding carboxylic acids is 2. The summed E-state index contributed by atoms with van der Waals surface area (Å²) in [6.45, 7) is 3.03. The standard InChI is InChI=1S/C25H30N2O5/c1-16-15-18(9-12-20(16)32-5)23(28)21-22(17-7-10-19(31-4)11-8-17)27(25(30)24(21)29)14-6-13-26(2)3/h7-12,15,22,28H,6,13-14H2,1-5H3. The van der Waals surface area contributed by atoms with Crippen molar-refractivity contribution in [3.05, 3.63) is 64.7 Å². The third-order valence-corrected chi connectivity index (χ3v) is 5.64. The van der Waals surface area contributed by atoms with Crippen molar-refractivity contribution >= 4 is 17.4 Å². The highest BCUT2D eigenvalue weighted by Gasteiger charge is 2.45. The number of Topliss-reactive ketones (excluding diaryl/α,β-unsaturated/α-hetero) is 1. The molecule has 0 spiro atoms. The van der Waals surface area contributed by atoms with Gasteiger partial charge in [0.15, 0.2) is 0 Å². The Labute approximate surface area is 188 Å². The van der Waals surface area contributed by atoms with Crippen LogP contribution in [0.4, 0.5) is 0 Å². The fraction of sp³-hybridized carbons (Fsp3) is 0.360. The van der Waals surface area contributed by atoms with Crippen molar-refractivity contribution in [1.82, 2.24) is 9.80 Å². The van der Waals surface area contributed by atoms with Gasteiger partial charge in [-0.05, 0) is 75.4 Å². The Morgan fingerprint density at radius 2 is 1.75 bits per heavy atom. The van der Waals surface area contributed by atoms with E-state index < -0.39 is 17.7 Å². The van der Waals surface area contributed by atoms with Crippen LogP contribution in [0.25, 0.3) is 5.76 Å². The van der Waals surface area contributed by atoms with Gasteiger partial charge in [-0.3, -0.25) is 9.59 Å². The summed E-state index contributed by atoms with van der Waals surface area (Å²) in [7, 11) is 7.07. The summed E-state index contributed by atoms with van der Waals surface area (Å²) in [6, 6.07) is 11.7. The van der Waals surface area contributed by atoms with Gasteiger partial charge in [-0.2, -0.15) is 0 Å². The predicted octanol–water partition coefficient (Wildman–Crippen LogP) is 3.39. The van der Waals surface area contributed by atoms with E-state index >= 15 is 0 Å². The van der Waals surface area contributed by atoms with Crippen molar-refractivity contribution in [3.8, 4) is 11.5 Å². The van der Waals surface area contributed by atoms with Crippen LogP contribution in [0.15, 0.2) is 48.0 Å². The molecule has 1 N–H and O–H groups in total. The van der Waals surface area contributed by atoms with E-state index in [9.17, 15) is 14.7 Å². The Hall–Kier alpha value is -3.32. The molecule has 0 aliphatic carbocycles. The summed E-state index contributed by atoms with van der Waals surface area (Å²) < 4.78 is 10.5. The van der Waals surface area contributed by atoms with Gasteiger partial charge in [0.2, 0.25) is 0 Å². The number of carbonyl (C=O) groups is 2. The highest BCUT2D eigenvalue weighted by Crippen LogP contribution is 2.40. The Morgan fingerprint density at radius 3 is 2.31 bits per heavy atom. The number of hydrogen-bond acceptors (Lipinski definition) is 6. The number of nitrogens with zero attached hydrogens (tertiary/aromatic N) is 2. The third-order valence-electron chi connectivity index (χ3n) is 5.64. The molecule has 2 aromatic rings. The second kappa shape index (κ2) is 9.87. The minimum absolute atomic E-state index is 0.0922. The van der Waals surface area contributed by atoms with E-state index in [0.29, 0.717) is 30.0 Å². The number of benzene rings is 2. The number of ether oxygens (including phenoxy) is 2. The monoisotopic (exact) mass is 438 g/mol. The largest absolute Gasteiger partial charge is 0.507 e. The molecule has 0 aromatic heterocycles. The molecule has 3 rings (SSSR count). The van der Waals surface area contributed by atoms with Crippen LogP contribution in [0.1, 0.15) is 29.2 Å². The lowest BCUT2D eigenvalue weighted by Crippen LogP contribution is -2.32.